The molecule has 1 aliphatic heterocycles. The smallest absolute Gasteiger partial charge is 0.290 e. The van der Waals surface area contributed by atoms with Crippen LogP contribution in [0.25, 0.3) is 21.8 Å². The zero-order chi connectivity index (χ0) is 22.5. The molecular formula is C23H30N6O3. The van der Waals surface area contributed by atoms with E-state index in [-0.39, 0.29) is 5.91 Å². The molecule has 32 heavy (non-hydrogen) atoms. The summed E-state index contributed by atoms with van der Waals surface area (Å²) in [6.45, 7) is 4.05. The van der Waals surface area contributed by atoms with Crippen LogP contribution in [0.4, 0.5) is 0 Å². The maximum absolute atomic E-state index is 12.7. The van der Waals surface area contributed by atoms with Gasteiger partial charge >= 0.3 is 0 Å². The lowest BCUT2D eigenvalue weighted by Crippen LogP contribution is -2.21. The number of methoxy groups -OCH3 is 1. The number of pyridine rings is 1. The summed E-state index contributed by atoms with van der Waals surface area (Å²) >= 11 is 0. The molecule has 1 aliphatic rings. The van der Waals surface area contributed by atoms with Gasteiger partial charge < -0.3 is 24.3 Å². The van der Waals surface area contributed by atoms with Crippen molar-refractivity contribution in [3.05, 3.63) is 30.1 Å². The molecule has 0 saturated carbocycles. The number of fused-ring (bicyclic) bond motifs is 3. The topological polar surface area (TPSA) is 95.1 Å². The molecule has 1 aromatic carbocycles. The Morgan fingerprint density at radius 3 is 2.84 bits per heavy atom. The van der Waals surface area contributed by atoms with Gasteiger partial charge in [-0.15, -0.1) is 0 Å². The Morgan fingerprint density at radius 2 is 2.09 bits per heavy atom. The SMILES string of the molecule is COc1cc2c(cc1OCCCN1CCCC1)[nH]c1ccnc(C(=O)N/N=C/N(C)C)c12. The standard InChI is InChI=1S/C23H30N6O3/c1-28(2)15-25-27-23(30)22-21-16-13-19(31-3)20(14-18(16)26-17(21)7-8-24-22)32-12-6-11-29-9-4-5-10-29/h7-8,13-15,26H,4-6,9-12H2,1-3H3,(H,27,30)/b25-15+. The van der Waals surface area contributed by atoms with Crippen LogP contribution in [0.3, 0.4) is 0 Å². The van der Waals surface area contributed by atoms with Crippen molar-refractivity contribution in [2.45, 2.75) is 19.3 Å². The number of ether oxygens (including phenoxy) is 2. The highest BCUT2D eigenvalue weighted by Crippen LogP contribution is 2.36. The lowest BCUT2D eigenvalue weighted by Gasteiger charge is -2.15. The molecular weight excluding hydrogens is 408 g/mol. The minimum atomic E-state index is -0.379. The Bertz CT molecular complexity index is 1120. The molecule has 4 rings (SSSR count). The van der Waals surface area contributed by atoms with Crippen LogP contribution in [0.1, 0.15) is 29.8 Å². The molecule has 170 valence electrons. The van der Waals surface area contributed by atoms with Crippen molar-refractivity contribution in [1.82, 2.24) is 25.2 Å². The van der Waals surface area contributed by atoms with Gasteiger partial charge in [0.05, 0.1) is 24.8 Å². The minimum Gasteiger partial charge on any atom is -0.493 e. The molecule has 9 heteroatoms. The lowest BCUT2D eigenvalue weighted by atomic mass is 10.1. The quantitative estimate of drug-likeness (QED) is 0.231. The molecule has 1 saturated heterocycles. The summed E-state index contributed by atoms with van der Waals surface area (Å²) in [6.07, 6.45) is 6.68. The molecule has 9 nitrogen and oxygen atoms in total. The van der Waals surface area contributed by atoms with E-state index in [1.54, 1.807) is 18.2 Å². The number of benzene rings is 1. The van der Waals surface area contributed by atoms with Crippen molar-refractivity contribution in [2.75, 3.05) is 47.4 Å². The highest BCUT2D eigenvalue weighted by molar-refractivity contribution is 6.17. The van der Waals surface area contributed by atoms with E-state index in [9.17, 15) is 4.79 Å². The monoisotopic (exact) mass is 438 g/mol. The van der Waals surface area contributed by atoms with E-state index < -0.39 is 0 Å². The number of carbonyl (C=O) groups is 1. The first-order valence-electron chi connectivity index (χ1n) is 10.9. The molecule has 0 radical (unpaired) electrons. The first kappa shape index (κ1) is 21.9. The minimum absolute atomic E-state index is 0.297. The predicted octanol–water partition coefficient (Wildman–Crippen LogP) is 2.82. The van der Waals surface area contributed by atoms with Gasteiger partial charge in [-0.3, -0.25) is 9.78 Å². The van der Waals surface area contributed by atoms with E-state index in [0.717, 1.165) is 34.8 Å². The number of carbonyl (C=O) groups excluding carboxylic acids is 1. The van der Waals surface area contributed by atoms with Crippen LogP contribution in [0.15, 0.2) is 29.5 Å². The fourth-order valence-electron chi connectivity index (χ4n) is 4.03. The Morgan fingerprint density at radius 1 is 1.28 bits per heavy atom. The van der Waals surface area contributed by atoms with Crippen LogP contribution in [-0.2, 0) is 0 Å². The number of hydrogen-bond donors (Lipinski definition) is 2. The van der Waals surface area contributed by atoms with E-state index in [1.165, 1.54) is 32.3 Å². The first-order chi connectivity index (χ1) is 15.6. The Labute approximate surface area is 187 Å². The molecule has 3 heterocycles. The molecule has 0 aliphatic carbocycles. The highest BCUT2D eigenvalue weighted by Gasteiger charge is 2.18. The Hall–Kier alpha value is -3.33. The van der Waals surface area contributed by atoms with Crippen LogP contribution in [0.5, 0.6) is 11.5 Å². The summed E-state index contributed by atoms with van der Waals surface area (Å²) in [5.74, 6) is 0.929. The summed E-state index contributed by atoms with van der Waals surface area (Å²) in [6, 6.07) is 5.67. The normalized spacial score (nSPS) is 14.5. The Balaban J connectivity index is 1.58. The highest BCUT2D eigenvalue weighted by atomic mass is 16.5. The molecule has 1 amide bonds. The summed E-state index contributed by atoms with van der Waals surface area (Å²) in [7, 11) is 5.27. The fraction of sp³-hybridized carbons (Fsp3) is 0.435. The second-order valence-electron chi connectivity index (χ2n) is 8.16. The van der Waals surface area contributed by atoms with Crippen molar-refractivity contribution < 1.29 is 14.3 Å². The average Bonchev–Trinajstić information content (AvgIpc) is 3.42. The number of nitrogens with one attached hydrogen (secondary N) is 2. The van der Waals surface area contributed by atoms with Crippen molar-refractivity contribution >= 4 is 34.1 Å². The van der Waals surface area contributed by atoms with Crippen molar-refractivity contribution in [1.29, 1.82) is 0 Å². The maximum Gasteiger partial charge on any atom is 0.290 e. The number of hydrazone groups is 1. The maximum atomic E-state index is 12.7. The van der Waals surface area contributed by atoms with Crippen LogP contribution >= 0.6 is 0 Å². The predicted molar refractivity (Wildman–Crippen MR) is 126 cm³/mol. The van der Waals surface area contributed by atoms with Crippen LogP contribution in [-0.4, -0.2) is 79.5 Å². The van der Waals surface area contributed by atoms with Gasteiger partial charge in [0.2, 0.25) is 0 Å². The molecule has 2 aromatic heterocycles. The Kier molecular flexibility index (Phi) is 6.75. The summed E-state index contributed by atoms with van der Waals surface area (Å²) in [5, 5.41) is 5.50. The number of nitrogens with zero attached hydrogens (tertiary/aromatic N) is 4. The van der Waals surface area contributed by atoms with Gasteiger partial charge in [-0.1, -0.05) is 0 Å². The summed E-state index contributed by atoms with van der Waals surface area (Å²) < 4.78 is 11.6. The average molecular weight is 439 g/mol. The van der Waals surface area contributed by atoms with Crippen LogP contribution in [0.2, 0.25) is 0 Å². The van der Waals surface area contributed by atoms with Crippen LogP contribution < -0.4 is 14.9 Å². The van der Waals surface area contributed by atoms with E-state index in [4.69, 9.17) is 9.47 Å². The van der Waals surface area contributed by atoms with Crippen molar-refractivity contribution in [3.63, 3.8) is 0 Å². The number of hydrogen-bond acceptors (Lipinski definition) is 6. The molecule has 2 N–H and O–H groups in total. The number of rotatable bonds is 9. The second kappa shape index (κ2) is 9.86. The second-order valence-corrected chi connectivity index (χ2v) is 8.16. The first-order valence-corrected chi connectivity index (χ1v) is 10.9. The number of aromatic amines is 1. The third-order valence-electron chi connectivity index (χ3n) is 5.54. The number of likely N-dealkylation sites (tertiary alicyclic amines) is 1. The molecule has 1 fully saturated rings. The number of H-pyrrole nitrogens is 1. The number of amides is 1. The van der Waals surface area contributed by atoms with E-state index in [2.05, 4.69) is 25.4 Å². The zero-order valence-corrected chi connectivity index (χ0v) is 18.9. The van der Waals surface area contributed by atoms with Gasteiger partial charge in [-0.2, -0.15) is 5.10 Å². The molecule has 0 atom stereocenters. The van der Waals surface area contributed by atoms with Crippen molar-refractivity contribution in [2.24, 2.45) is 5.10 Å². The van der Waals surface area contributed by atoms with E-state index >= 15 is 0 Å². The van der Waals surface area contributed by atoms with Crippen molar-refractivity contribution in [3.8, 4) is 11.5 Å². The lowest BCUT2D eigenvalue weighted by molar-refractivity contribution is 0.0951. The van der Waals surface area contributed by atoms with E-state index in [1.807, 2.05) is 32.3 Å². The van der Waals surface area contributed by atoms with E-state index in [0.29, 0.717) is 23.8 Å². The molecule has 0 spiro atoms. The van der Waals surface area contributed by atoms with Crippen LogP contribution in [0, 0.1) is 0 Å². The van der Waals surface area contributed by atoms with Gasteiger partial charge in [-0.25, -0.2) is 5.43 Å². The largest absolute Gasteiger partial charge is 0.493 e. The van der Waals surface area contributed by atoms with Gasteiger partial charge in [0.1, 0.15) is 12.0 Å². The van der Waals surface area contributed by atoms with Gasteiger partial charge in [0.25, 0.3) is 5.91 Å². The zero-order valence-electron chi connectivity index (χ0n) is 18.9. The summed E-state index contributed by atoms with van der Waals surface area (Å²) in [4.78, 5) is 24.6. The van der Waals surface area contributed by atoms with Gasteiger partial charge in [-0.05, 0) is 44.5 Å². The molecule has 3 aromatic rings. The third-order valence-corrected chi connectivity index (χ3v) is 5.54. The van der Waals surface area contributed by atoms with Gasteiger partial charge in [0, 0.05) is 43.7 Å². The molecule has 0 unspecified atom stereocenters. The van der Waals surface area contributed by atoms with Gasteiger partial charge in [0.15, 0.2) is 11.5 Å². The fourth-order valence-corrected chi connectivity index (χ4v) is 4.03. The molecule has 0 bridgehead atoms. The summed E-state index contributed by atoms with van der Waals surface area (Å²) in [5.41, 5.74) is 4.49. The number of aromatic nitrogens is 2. The third kappa shape index (κ3) is 4.77.